The number of benzene rings is 1. The van der Waals surface area contributed by atoms with Gasteiger partial charge in [-0.2, -0.15) is 0 Å². The first-order chi connectivity index (χ1) is 7.25. The van der Waals surface area contributed by atoms with Crippen LogP contribution in [0.25, 0.3) is 10.1 Å². The van der Waals surface area contributed by atoms with E-state index >= 15 is 0 Å². The van der Waals surface area contributed by atoms with Crippen molar-refractivity contribution >= 4 is 39.8 Å². The highest BCUT2D eigenvalue weighted by Crippen LogP contribution is 2.25. The van der Waals surface area contributed by atoms with Crippen LogP contribution in [0.4, 0.5) is 0 Å². The second kappa shape index (κ2) is 5.72. The van der Waals surface area contributed by atoms with Crippen molar-refractivity contribution in [1.82, 2.24) is 0 Å². The van der Waals surface area contributed by atoms with Gasteiger partial charge in [-0.1, -0.05) is 18.2 Å². The molecule has 1 aromatic carbocycles. The van der Waals surface area contributed by atoms with Gasteiger partial charge in [-0.05, 0) is 17.5 Å². The molecule has 0 saturated carbocycles. The molecule has 0 aliphatic carbocycles. The molecule has 3 nitrogen and oxygen atoms in total. The van der Waals surface area contributed by atoms with E-state index in [4.69, 9.17) is 11.5 Å². The van der Waals surface area contributed by atoms with Gasteiger partial charge in [-0.25, -0.2) is 0 Å². The summed E-state index contributed by atoms with van der Waals surface area (Å²) in [6.07, 6.45) is 0.900. The van der Waals surface area contributed by atoms with Crippen LogP contribution in [0.5, 0.6) is 0 Å². The molecule has 1 aromatic heterocycles. The fourth-order valence-corrected chi connectivity index (χ4v) is 2.51. The van der Waals surface area contributed by atoms with Crippen LogP contribution >= 0.6 is 23.7 Å². The van der Waals surface area contributed by atoms with E-state index in [1.807, 2.05) is 0 Å². The Morgan fingerprint density at radius 2 is 2.00 bits per heavy atom. The smallest absolute Gasteiger partial charge is 0.185 e. The third-order valence-corrected chi connectivity index (χ3v) is 3.30. The van der Waals surface area contributed by atoms with Crippen molar-refractivity contribution in [1.29, 1.82) is 0 Å². The second-order valence-electron chi connectivity index (χ2n) is 3.31. The number of halogens is 1. The molecule has 0 aliphatic heterocycles. The molecule has 0 atom stereocenters. The molecule has 0 amide bonds. The minimum atomic E-state index is 0. The van der Waals surface area contributed by atoms with E-state index in [-0.39, 0.29) is 18.4 Å². The summed E-state index contributed by atoms with van der Waals surface area (Å²) in [6, 6.07) is 10.6. The fraction of sp³-hybridized carbons (Fsp3) is 0.182. The molecule has 0 saturated heterocycles. The lowest BCUT2D eigenvalue weighted by Crippen LogP contribution is -2.23. The molecule has 1 heterocycles. The monoisotopic (exact) mass is 255 g/mol. The summed E-state index contributed by atoms with van der Waals surface area (Å²) in [4.78, 5) is 5.29. The maximum absolute atomic E-state index is 5.26. The van der Waals surface area contributed by atoms with Crippen molar-refractivity contribution in [3.05, 3.63) is 35.2 Å². The number of nitrogens with two attached hydrogens (primary N) is 2. The standard InChI is InChI=1S/C11H13N3S.ClH/c12-11(13)14-6-5-9-7-8-3-1-2-4-10(8)15-9;/h1-4,7H,5-6H2,(H4,12,13,14);1H. The van der Waals surface area contributed by atoms with Crippen molar-refractivity contribution in [3.8, 4) is 0 Å². The van der Waals surface area contributed by atoms with Crippen LogP contribution in [-0.2, 0) is 6.42 Å². The maximum atomic E-state index is 5.26. The molecule has 86 valence electrons. The van der Waals surface area contributed by atoms with Gasteiger partial charge in [-0.3, -0.25) is 4.99 Å². The first kappa shape index (κ1) is 12.8. The zero-order valence-electron chi connectivity index (χ0n) is 8.72. The average molecular weight is 256 g/mol. The summed E-state index contributed by atoms with van der Waals surface area (Å²) in [5.41, 5.74) is 10.5. The summed E-state index contributed by atoms with van der Waals surface area (Å²) in [5.74, 6) is 0.163. The van der Waals surface area contributed by atoms with Crippen LogP contribution in [0.1, 0.15) is 4.88 Å². The quantitative estimate of drug-likeness (QED) is 0.652. The van der Waals surface area contributed by atoms with Crippen molar-refractivity contribution < 1.29 is 0 Å². The molecule has 0 aliphatic rings. The molecule has 16 heavy (non-hydrogen) atoms. The van der Waals surface area contributed by atoms with Gasteiger partial charge < -0.3 is 11.5 Å². The van der Waals surface area contributed by atoms with E-state index in [1.165, 1.54) is 15.0 Å². The Balaban J connectivity index is 0.00000128. The number of hydrogen-bond acceptors (Lipinski definition) is 2. The SMILES string of the molecule is Cl.NC(N)=NCCc1cc2ccccc2s1. The highest BCUT2D eigenvalue weighted by molar-refractivity contribution is 7.19. The molecule has 0 bridgehead atoms. The Kier molecular flexibility index (Phi) is 4.58. The molecule has 0 fully saturated rings. The maximum Gasteiger partial charge on any atom is 0.185 e. The van der Waals surface area contributed by atoms with Crippen LogP contribution < -0.4 is 11.5 Å². The molecule has 2 aromatic rings. The number of rotatable bonds is 3. The van der Waals surface area contributed by atoms with Crippen LogP contribution in [0.2, 0.25) is 0 Å². The van der Waals surface area contributed by atoms with Gasteiger partial charge in [0.1, 0.15) is 0 Å². The van der Waals surface area contributed by atoms with Crippen LogP contribution in [-0.4, -0.2) is 12.5 Å². The van der Waals surface area contributed by atoms with Gasteiger partial charge in [-0.15, -0.1) is 23.7 Å². The lowest BCUT2D eigenvalue weighted by Gasteiger charge is -1.92. The molecule has 0 spiro atoms. The molecular weight excluding hydrogens is 242 g/mol. The largest absolute Gasteiger partial charge is 0.370 e. The first-order valence-electron chi connectivity index (χ1n) is 4.78. The van der Waals surface area contributed by atoms with E-state index in [2.05, 4.69) is 35.3 Å². The summed E-state index contributed by atoms with van der Waals surface area (Å²) in [7, 11) is 0. The molecular formula is C11H14ClN3S. The third-order valence-electron chi connectivity index (χ3n) is 2.13. The van der Waals surface area contributed by atoms with E-state index in [0.717, 1.165) is 6.42 Å². The number of guanidine groups is 1. The van der Waals surface area contributed by atoms with Crippen molar-refractivity contribution in [2.75, 3.05) is 6.54 Å². The highest BCUT2D eigenvalue weighted by atomic mass is 35.5. The average Bonchev–Trinajstić information content (AvgIpc) is 2.59. The van der Waals surface area contributed by atoms with Gasteiger partial charge in [0.25, 0.3) is 0 Å². The molecule has 2 rings (SSSR count). The Hall–Kier alpha value is -1.26. The second-order valence-corrected chi connectivity index (χ2v) is 4.48. The number of thiophene rings is 1. The Morgan fingerprint density at radius 1 is 1.25 bits per heavy atom. The van der Waals surface area contributed by atoms with Crippen LogP contribution in [0, 0.1) is 0 Å². The lowest BCUT2D eigenvalue weighted by atomic mass is 10.2. The number of nitrogens with zero attached hydrogens (tertiary/aromatic N) is 1. The number of hydrogen-bond donors (Lipinski definition) is 2. The predicted octanol–water partition coefficient (Wildman–Crippen LogP) is 2.14. The topological polar surface area (TPSA) is 64.4 Å². The number of aliphatic imine (C=N–C) groups is 1. The first-order valence-corrected chi connectivity index (χ1v) is 5.60. The zero-order valence-corrected chi connectivity index (χ0v) is 10.4. The van der Waals surface area contributed by atoms with Crippen molar-refractivity contribution in [2.24, 2.45) is 16.5 Å². The van der Waals surface area contributed by atoms with Gasteiger partial charge in [0.05, 0.1) is 0 Å². The Bertz CT molecular complexity index is 456. The normalized spacial score (nSPS) is 9.75. The van der Waals surface area contributed by atoms with Gasteiger partial charge in [0.15, 0.2) is 5.96 Å². The lowest BCUT2D eigenvalue weighted by molar-refractivity contribution is 0.981. The predicted molar refractivity (Wildman–Crippen MR) is 73.5 cm³/mol. The molecule has 4 N–H and O–H groups in total. The van der Waals surface area contributed by atoms with Gasteiger partial charge in [0, 0.05) is 22.5 Å². The summed E-state index contributed by atoms with van der Waals surface area (Å²) in [5, 5.41) is 1.29. The third kappa shape index (κ3) is 3.12. The highest BCUT2D eigenvalue weighted by Gasteiger charge is 1.99. The molecule has 0 radical (unpaired) electrons. The molecule has 0 unspecified atom stereocenters. The Morgan fingerprint density at radius 3 is 2.69 bits per heavy atom. The van der Waals surface area contributed by atoms with Gasteiger partial charge in [0.2, 0.25) is 0 Å². The van der Waals surface area contributed by atoms with Crippen LogP contribution in [0.3, 0.4) is 0 Å². The number of fused-ring (bicyclic) bond motifs is 1. The summed E-state index contributed by atoms with van der Waals surface area (Å²) in [6.45, 7) is 0.662. The zero-order chi connectivity index (χ0) is 10.7. The minimum absolute atomic E-state index is 0. The van der Waals surface area contributed by atoms with Crippen molar-refractivity contribution in [3.63, 3.8) is 0 Å². The van der Waals surface area contributed by atoms with E-state index in [1.54, 1.807) is 11.3 Å². The van der Waals surface area contributed by atoms with Crippen molar-refractivity contribution in [2.45, 2.75) is 6.42 Å². The van der Waals surface area contributed by atoms with E-state index < -0.39 is 0 Å². The minimum Gasteiger partial charge on any atom is -0.370 e. The fourth-order valence-electron chi connectivity index (χ4n) is 1.46. The van der Waals surface area contributed by atoms with Crippen LogP contribution in [0.15, 0.2) is 35.3 Å². The Labute approximate surface area is 105 Å². The van der Waals surface area contributed by atoms with Gasteiger partial charge >= 0.3 is 0 Å². The summed E-state index contributed by atoms with van der Waals surface area (Å²) < 4.78 is 1.32. The van der Waals surface area contributed by atoms with E-state index in [0.29, 0.717) is 6.54 Å². The molecule has 5 heteroatoms. The van der Waals surface area contributed by atoms with E-state index in [9.17, 15) is 0 Å². The summed E-state index contributed by atoms with van der Waals surface area (Å²) >= 11 is 1.80.